The average Bonchev–Trinajstić information content (AvgIpc) is 2.65. The smallest absolute Gasteiger partial charge is 0.270 e. The van der Waals surface area contributed by atoms with E-state index in [1.807, 2.05) is 24.3 Å². The van der Waals surface area contributed by atoms with Crippen LogP contribution in [0, 0.1) is 11.3 Å². The van der Waals surface area contributed by atoms with Crippen molar-refractivity contribution in [2.24, 2.45) is 7.05 Å². The number of pyridine rings is 1. The first-order valence-corrected chi connectivity index (χ1v) is 8.72. The number of para-hydroxylation sites is 1. The Morgan fingerprint density at radius 2 is 2.04 bits per heavy atom. The fourth-order valence-electron chi connectivity index (χ4n) is 3.42. The molecule has 0 atom stereocenters. The van der Waals surface area contributed by atoms with Gasteiger partial charge >= 0.3 is 0 Å². The van der Waals surface area contributed by atoms with Gasteiger partial charge in [0.05, 0.1) is 11.2 Å². The lowest BCUT2D eigenvalue weighted by Gasteiger charge is -2.35. The van der Waals surface area contributed by atoms with E-state index in [0.717, 1.165) is 23.7 Å². The van der Waals surface area contributed by atoms with Crippen molar-refractivity contribution in [3.05, 3.63) is 40.2 Å². The third kappa shape index (κ3) is 3.20. The van der Waals surface area contributed by atoms with E-state index in [1.165, 1.54) is 4.57 Å². The van der Waals surface area contributed by atoms with Crippen molar-refractivity contribution < 1.29 is 4.79 Å². The molecule has 7 heteroatoms. The number of hydrogen-bond acceptors (Lipinski definition) is 4. The summed E-state index contributed by atoms with van der Waals surface area (Å²) in [6.07, 6.45) is 1.49. The zero-order valence-electron chi connectivity index (χ0n) is 14.0. The average molecular weight is 359 g/mol. The van der Waals surface area contributed by atoms with Gasteiger partial charge in [-0.3, -0.25) is 9.59 Å². The molecule has 1 aliphatic heterocycles. The first-order chi connectivity index (χ1) is 12.1. The van der Waals surface area contributed by atoms with Gasteiger partial charge in [0.15, 0.2) is 0 Å². The second kappa shape index (κ2) is 7.16. The minimum Gasteiger partial charge on any atom is -0.370 e. The van der Waals surface area contributed by atoms with Crippen LogP contribution in [0.25, 0.3) is 10.9 Å². The Balaban J connectivity index is 1.97. The van der Waals surface area contributed by atoms with Crippen molar-refractivity contribution in [1.29, 1.82) is 5.26 Å². The number of alkyl halides is 1. The van der Waals surface area contributed by atoms with Gasteiger partial charge in [0.25, 0.3) is 5.56 Å². The summed E-state index contributed by atoms with van der Waals surface area (Å²) in [7, 11) is 1.68. The number of carbonyl (C=O) groups excluding carboxylic acids is 1. The number of carbonyl (C=O) groups is 1. The number of rotatable bonds is 3. The number of aryl methyl sites for hydroxylation is 1. The molecule has 0 unspecified atom stereocenters. The van der Waals surface area contributed by atoms with Crippen LogP contribution in [0.3, 0.4) is 0 Å². The number of nitrogens with one attached hydrogen (secondary N) is 1. The van der Waals surface area contributed by atoms with Crippen molar-refractivity contribution in [2.45, 2.75) is 18.9 Å². The molecule has 2 aromatic rings. The minimum atomic E-state index is -0.284. The number of aromatic nitrogens is 1. The molecule has 2 heterocycles. The van der Waals surface area contributed by atoms with Crippen molar-refractivity contribution in [3.63, 3.8) is 0 Å². The summed E-state index contributed by atoms with van der Waals surface area (Å²) in [5.41, 5.74) is 1.39. The molecule has 1 aliphatic rings. The fraction of sp³-hybridized carbons (Fsp3) is 0.389. The quantitative estimate of drug-likeness (QED) is 0.848. The van der Waals surface area contributed by atoms with E-state index in [9.17, 15) is 14.9 Å². The highest BCUT2D eigenvalue weighted by Gasteiger charge is 2.25. The maximum absolute atomic E-state index is 12.6. The SMILES string of the molecule is Cn1c(=O)c(C#N)c(N2CCC(NC(=O)CCl)CC2)c2ccccc21. The summed E-state index contributed by atoms with van der Waals surface area (Å²) in [5, 5.41) is 13.3. The number of amides is 1. The largest absolute Gasteiger partial charge is 0.370 e. The van der Waals surface area contributed by atoms with Crippen molar-refractivity contribution in [1.82, 2.24) is 9.88 Å². The van der Waals surface area contributed by atoms with Crippen LogP contribution in [0.15, 0.2) is 29.1 Å². The van der Waals surface area contributed by atoms with Gasteiger partial charge in [-0.1, -0.05) is 18.2 Å². The molecule has 3 rings (SSSR count). The third-order valence-electron chi connectivity index (χ3n) is 4.69. The van der Waals surface area contributed by atoms with Crippen LogP contribution < -0.4 is 15.8 Å². The van der Waals surface area contributed by atoms with Crippen LogP contribution in [-0.2, 0) is 11.8 Å². The topological polar surface area (TPSA) is 78.1 Å². The van der Waals surface area contributed by atoms with Crippen molar-refractivity contribution in [2.75, 3.05) is 23.9 Å². The highest BCUT2D eigenvalue weighted by molar-refractivity contribution is 6.27. The van der Waals surface area contributed by atoms with Gasteiger partial charge in [0.2, 0.25) is 5.91 Å². The number of hydrogen-bond donors (Lipinski definition) is 1. The Bertz CT molecular complexity index is 908. The van der Waals surface area contributed by atoms with Crippen LogP contribution in [-0.4, -0.2) is 35.5 Å². The van der Waals surface area contributed by atoms with Crippen LogP contribution in [0.2, 0.25) is 0 Å². The van der Waals surface area contributed by atoms with Crippen LogP contribution >= 0.6 is 11.6 Å². The molecule has 0 aliphatic carbocycles. The number of anilines is 1. The van der Waals surface area contributed by atoms with E-state index in [2.05, 4.69) is 16.3 Å². The monoisotopic (exact) mass is 358 g/mol. The van der Waals surface area contributed by atoms with Crippen molar-refractivity contribution in [3.8, 4) is 6.07 Å². The van der Waals surface area contributed by atoms with Crippen LogP contribution in [0.5, 0.6) is 0 Å². The molecule has 0 radical (unpaired) electrons. The molecule has 1 N–H and O–H groups in total. The molecular weight excluding hydrogens is 340 g/mol. The first kappa shape index (κ1) is 17.3. The van der Waals surface area contributed by atoms with Gasteiger partial charge in [0.1, 0.15) is 17.5 Å². The standard InChI is InChI=1S/C18H19ClN4O2/c1-22-15-5-3-2-4-13(15)17(14(11-20)18(22)25)23-8-6-12(7-9-23)21-16(24)10-19/h2-5,12H,6-10H2,1H3,(H,21,24). The van der Waals surface area contributed by atoms with E-state index in [0.29, 0.717) is 18.8 Å². The van der Waals surface area contributed by atoms with Crippen LogP contribution in [0.4, 0.5) is 5.69 Å². The maximum atomic E-state index is 12.6. The molecule has 0 bridgehead atoms. The van der Waals surface area contributed by atoms with Gasteiger partial charge in [-0.05, 0) is 18.9 Å². The molecule has 0 saturated carbocycles. The Morgan fingerprint density at radius 3 is 2.68 bits per heavy atom. The lowest BCUT2D eigenvalue weighted by Crippen LogP contribution is -2.45. The zero-order valence-corrected chi connectivity index (χ0v) is 14.7. The highest BCUT2D eigenvalue weighted by atomic mass is 35.5. The van der Waals surface area contributed by atoms with E-state index >= 15 is 0 Å². The summed E-state index contributed by atoms with van der Waals surface area (Å²) in [4.78, 5) is 26.1. The Labute approximate surface area is 150 Å². The zero-order chi connectivity index (χ0) is 18.0. The molecule has 130 valence electrons. The van der Waals surface area contributed by atoms with Gasteiger partial charge in [0, 0.05) is 31.6 Å². The van der Waals surface area contributed by atoms with Gasteiger partial charge in [-0.15, -0.1) is 11.6 Å². The molecule has 0 spiro atoms. The summed E-state index contributed by atoms with van der Waals surface area (Å²) in [6, 6.07) is 9.77. The normalized spacial score (nSPS) is 15.2. The lowest BCUT2D eigenvalue weighted by molar-refractivity contribution is -0.119. The third-order valence-corrected chi connectivity index (χ3v) is 4.93. The predicted octanol–water partition coefficient (Wildman–Crippen LogP) is 1.73. The highest BCUT2D eigenvalue weighted by Crippen LogP contribution is 2.30. The van der Waals surface area contributed by atoms with E-state index in [-0.39, 0.29) is 29.0 Å². The molecule has 25 heavy (non-hydrogen) atoms. The minimum absolute atomic E-state index is 0.0435. The van der Waals surface area contributed by atoms with E-state index in [1.54, 1.807) is 7.05 Å². The number of nitrogens with zero attached hydrogens (tertiary/aromatic N) is 3. The molecule has 1 aromatic heterocycles. The maximum Gasteiger partial charge on any atom is 0.270 e. The molecule has 1 saturated heterocycles. The van der Waals surface area contributed by atoms with Gasteiger partial charge in [-0.2, -0.15) is 5.26 Å². The van der Waals surface area contributed by atoms with Gasteiger partial charge < -0.3 is 14.8 Å². The Hall–Kier alpha value is -2.52. The number of fused-ring (bicyclic) bond motifs is 1. The lowest BCUT2D eigenvalue weighted by atomic mass is 10.0. The van der Waals surface area contributed by atoms with Crippen LogP contribution in [0.1, 0.15) is 18.4 Å². The number of benzene rings is 1. The molecule has 1 amide bonds. The Kier molecular flexibility index (Phi) is 4.95. The second-order valence-electron chi connectivity index (χ2n) is 6.18. The van der Waals surface area contributed by atoms with Gasteiger partial charge in [-0.25, -0.2) is 0 Å². The summed E-state index contributed by atoms with van der Waals surface area (Å²) in [5.74, 6) is -0.213. The molecular formula is C18H19ClN4O2. The fourth-order valence-corrected chi connectivity index (χ4v) is 3.50. The summed E-state index contributed by atoms with van der Waals surface area (Å²) < 4.78 is 1.52. The molecule has 6 nitrogen and oxygen atoms in total. The number of halogens is 1. The van der Waals surface area contributed by atoms with E-state index in [4.69, 9.17) is 11.6 Å². The molecule has 1 aromatic carbocycles. The first-order valence-electron chi connectivity index (χ1n) is 8.19. The predicted molar refractivity (Wildman–Crippen MR) is 98.0 cm³/mol. The van der Waals surface area contributed by atoms with Crippen molar-refractivity contribution >= 4 is 34.1 Å². The number of nitriles is 1. The van der Waals surface area contributed by atoms with E-state index < -0.39 is 0 Å². The Morgan fingerprint density at radius 1 is 1.36 bits per heavy atom. The molecule has 1 fully saturated rings. The summed E-state index contributed by atoms with van der Waals surface area (Å²) in [6.45, 7) is 1.33. The summed E-state index contributed by atoms with van der Waals surface area (Å²) >= 11 is 5.54. The second-order valence-corrected chi connectivity index (χ2v) is 6.45. The number of piperidine rings is 1.